The lowest BCUT2D eigenvalue weighted by Crippen LogP contribution is -2.27. The summed E-state index contributed by atoms with van der Waals surface area (Å²) in [5.74, 6) is -0.556. The van der Waals surface area contributed by atoms with E-state index >= 15 is 0 Å². The largest absolute Gasteiger partial charge is 0.351 e. The smallest absolute Gasteiger partial charge is 0.252 e. The number of hydrogen-bond acceptors (Lipinski definition) is 4. The molecule has 0 saturated carbocycles. The number of Topliss-reactive ketones (excluding diaryl/α,β-unsaturated/α-hetero) is 1. The molecule has 0 bridgehead atoms. The lowest BCUT2D eigenvalue weighted by Gasteiger charge is -2.09. The molecule has 1 aromatic heterocycles. The van der Waals surface area contributed by atoms with Crippen molar-refractivity contribution >= 4 is 34.6 Å². The first-order valence-corrected chi connectivity index (χ1v) is 7.72. The molecule has 2 aromatic rings. The summed E-state index contributed by atoms with van der Waals surface area (Å²) in [7, 11) is 0. The van der Waals surface area contributed by atoms with E-state index in [-0.39, 0.29) is 30.6 Å². The molecule has 2 N–H and O–H groups in total. The van der Waals surface area contributed by atoms with Crippen molar-refractivity contribution in [1.82, 2.24) is 5.32 Å². The molecule has 6 heteroatoms. The van der Waals surface area contributed by atoms with E-state index in [9.17, 15) is 14.4 Å². The first-order valence-electron chi connectivity index (χ1n) is 6.78. The van der Waals surface area contributed by atoms with E-state index in [0.717, 1.165) is 0 Å². The number of ketones is 1. The average Bonchev–Trinajstić information content (AvgIpc) is 3.01. The molecule has 0 fully saturated rings. The lowest BCUT2D eigenvalue weighted by atomic mass is 10.1. The van der Waals surface area contributed by atoms with Crippen molar-refractivity contribution in [3.8, 4) is 0 Å². The highest BCUT2D eigenvalue weighted by molar-refractivity contribution is 7.08. The maximum atomic E-state index is 11.9. The van der Waals surface area contributed by atoms with Crippen LogP contribution in [0.25, 0.3) is 0 Å². The third kappa shape index (κ3) is 4.26. The molecule has 0 spiro atoms. The van der Waals surface area contributed by atoms with Crippen LogP contribution in [0.3, 0.4) is 0 Å². The van der Waals surface area contributed by atoms with E-state index in [0.29, 0.717) is 16.8 Å². The monoisotopic (exact) mass is 316 g/mol. The molecule has 114 valence electrons. The molecule has 1 aromatic carbocycles. The maximum absolute atomic E-state index is 11.9. The van der Waals surface area contributed by atoms with Gasteiger partial charge in [-0.25, -0.2) is 0 Å². The highest BCUT2D eigenvalue weighted by atomic mass is 32.1. The summed E-state index contributed by atoms with van der Waals surface area (Å²) in [6.07, 6.45) is 0.141. The minimum atomic E-state index is -0.251. The van der Waals surface area contributed by atoms with E-state index < -0.39 is 0 Å². The van der Waals surface area contributed by atoms with Gasteiger partial charge in [-0.3, -0.25) is 14.4 Å². The Kier molecular flexibility index (Phi) is 5.43. The molecular formula is C16H16N2O3S. The van der Waals surface area contributed by atoms with Gasteiger partial charge in [0, 0.05) is 29.5 Å². The van der Waals surface area contributed by atoms with Gasteiger partial charge < -0.3 is 10.6 Å². The van der Waals surface area contributed by atoms with Crippen molar-refractivity contribution in [3.05, 3.63) is 52.2 Å². The molecular weight excluding hydrogens is 300 g/mol. The summed E-state index contributed by atoms with van der Waals surface area (Å²) in [5.41, 5.74) is 1.55. The standard InChI is InChI=1S/C16H16N2O3S/c1-11(19)13-4-2-3-5-14(13)18-15(20)6-8-17-16(21)12-7-9-22-10-12/h2-5,7,9-10H,6,8H2,1H3,(H,17,21)(H,18,20). The third-order valence-electron chi connectivity index (χ3n) is 3.00. The van der Waals surface area contributed by atoms with Crippen LogP contribution in [0.2, 0.25) is 0 Å². The number of rotatable bonds is 6. The molecule has 0 radical (unpaired) electrons. The van der Waals surface area contributed by atoms with Gasteiger partial charge in [-0.2, -0.15) is 11.3 Å². The summed E-state index contributed by atoms with van der Waals surface area (Å²) in [6.45, 7) is 1.69. The van der Waals surface area contributed by atoms with Crippen molar-refractivity contribution in [3.63, 3.8) is 0 Å². The number of carbonyl (C=O) groups excluding carboxylic acids is 3. The molecule has 2 rings (SSSR count). The van der Waals surface area contributed by atoms with Gasteiger partial charge in [-0.1, -0.05) is 12.1 Å². The second-order valence-electron chi connectivity index (χ2n) is 4.67. The van der Waals surface area contributed by atoms with Crippen LogP contribution >= 0.6 is 11.3 Å². The Morgan fingerprint density at radius 2 is 1.91 bits per heavy atom. The zero-order valence-electron chi connectivity index (χ0n) is 12.1. The first-order chi connectivity index (χ1) is 10.6. The fraction of sp³-hybridized carbons (Fsp3) is 0.188. The molecule has 5 nitrogen and oxygen atoms in total. The molecule has 2 amide bonds. The minimum absolute atomic E-state index is 0.110. The quantitative estimate of drug-likeness (QED) is 0.805. The van der Waals surface area contributed by atoms with Crippen LogP contribution in [0.5, 0.6) is 0 Å². The Morgan fingerprint density at radius 1 is 1.14 bits per heavy atom. The number of benzene rings is 1. The van der Waals surface area contributed by atoms with E-state index in [4.69, 9.17) is 0 Å². The van der Waals surface area contributed by atoms with Crippen molar-refractivity contribution < 1.29 is 14.4 Å². The fourth-order valence-electron chi connectivity index (χ4n) is 1.90. The topological polar surface area (TPSA) is 75.3 Å². The minimum Gasteiger partial charge on any atom is -0.351 e. The van der Waals surface area contributed by atoms with Gasteiger partial charge >= 0.3 is 0 Å². The number of hydrogen-bond donors (Lipinski definition) is 2. The van der Waals surface area contributed by atoms with E-state index in [1.54, 1.807) is 35.7 Å². The second kappa shape index (κ2) is 7.51. The zero-order chi connectivity index (χ0) is 15.9. The summed E-state index contributed by atoms with van der Waals surface area (Å²) in [4.78, 5) is 35.1. The predicted molar refractivity (Wildman–Crippen MR) is 86.3 cm³/mol. The second-order valence-corrected chi connectivity index (χ2v) is 5.45. The van der Waals surface area contributed by atoms with Crippen LogP contribution in [0.1, 0.15) is 34.1 Å². The number of nitrogens with one attached hydrogen (secondary N) is 2. The number of para-hydroxylation sites is 1. The predicted octanol–water partition coefficient (Wildman–Crippen LogP) is 2.71. The SMILES string of the molecule is CC(=O)c1ccccc1NC(=O)CCNC(=O)c1ccsc1. The summed E-state index contributed by atoms with van der Waals surface area (Å²) in [6, 6.07) is 8.56. The molecule has 0 unspecified atom stereocenters. The van der Waals surface area contributed by atoms with Gasteiger partial charge in [0.05, 0.1) is 5.69 Å². The molecule has 0 aliphatic rings. The van der Waals surface area contributed by atoms with Crippen molar-refractivity contribution in [2.24, 2.45) is 0 Å². The Bertz CT molecular complexity index is 680. The van der Waals surface area contributed by atoms with Gasteiger partial charge in [0.2, 0.25) is 5.91 Å². The lowest BCUT2D eigenvalue weighted by molar-refractivity contribution is -0.116. The molecule has 22 heavy (non-hydrogen) atoms. The fourth-order valence-corrected chi connectivity index (χ4v) is 2.53. The molecule has 0 saturated heterocycles. The van der Waals surface area contributed by atoms with Crippen LogP contribution in [0, 0.1) is 0 Å². The van der Waals surface area contributed by atoms with Crippen LogP contribution in [0.4, 0.5) is 5.69 Å². The normalized spacial score (nSPS) is 10.0. The van der Waals surface area contributed by atoms with Gasteiger partial charge in [-0.05, 0) is 30.5 Å². The van der Waals surface area contributed by atoms with E-state index in [1.807, 2.05) is 5.38 Å². The summed E-state index contributed by atoms with van der Waals surface area (Å²) < 4.78 is 0. The maximum Gasteiger partial charge on any atom is 0.252 e. The summed E-state index contributed by atoms with van der Waals surface area (Å²) >= 11 is 1.44. The van der Waals surface area contributed by atoms with E-state index in [1.165, 1.54) is 18.3 Å². The molecule has 1 heterocycles. The molecule has 0 aliphatic heterocycles. The Hall–Kier alpha value is -2.47. The Labute approximate surface area is 132 Å². The number of amides is 2. The van der Waals surface area contributed by atoms with Crippen molar-refractivity contribution in [1.29, 1.82) is 0 Å². The third-order valence-corrected chi connectivity index (χ3v) is 3.68. The van der Waals surface area contributed by atoms with Gasteiger partial charge in [-0.15, -0.1) is 0 Å². The Morgan fingerprint density at radius 3 is 2.59 bits per heavy atom. The highest BCUT2D eigenvalue weighted by Crippen LogP contribution is 2.15. The van der Waals surface area contributed by atoms with Crippen molar-refractivity contribution in [2.75, 3.05) is 11.9 Å². The summed E-state index contributed by atoms with van der Waals surface area (Å²) in [5, 5.41) is 8.94. The van der Waals surface area contributed by atoms with Crippen molar-refractivity contribution in [2.45, 2.75) is 13.3 Å². The van der Waals surface area contributed by atoms with E-state index in [2.05, 4.69) is 10.6 Å². The molecule has 0 aliphatic carbocycles. The van der Waals surface area contributed by atoms with Crippen LogP contribution in [-0.4, -0.2) is 24.1 Å². The zero-order valence-corrected chi connectivity index (χ0v) is 12.9. The number of carbonyl (C=O) groups is 3. The van der Waals surface area contributed by atoms with Crippen LogP contribution in [-0.2, 0) is 4.79 Å². The number of thiophene rings is 1. The average molecular weight is 316 g/mol. The van der Waals surface area contributed by atoms with Gasteiger partial charge in [0.25, 0.3) is 5.91 Å². The van der Waals surface area contributed by atoms with Gasteiger partial charge in [0.1, 0.15) is 0 Å². The molecule has 0 atom stereocenters. The van der Waals surface area contributed by atoms with Crippen LogP contribution in [0.15, 0.2) is 41.1 Å². The Balaban J connectivity index is 1.84. The van der Waals surface area contributed by atoms with Crippen LogP contribution < -0.4 is 10.6 Å². The number of anilines is 1. The highest BCUT2D eigenvalue weighted by Gasteiger charge is 2.10. The first kappa shape index (κ1) is 15.9. The van der Waals surface area contributed by atoms with Gasteiger partial charge in [0.15, 0.2) is 5.78 Å².